The van der Waals surface area contributed by atoms with Gasteiger partial charge in [-0.3, -0.25) is 28.8 Å². The smallest absolute Gasteiger partial charge is 0.407 e. The molecule has 0 atom stereocenters. The van der Waals surface area contributed by atoms with Crippen molar-refractivity contribution in [1.29, 1.82) is 0 Å². The Kier molecular flexibility index (Phi) is 29.3. The molecule has 72 heavy (non-hydrogen) atoms. The lowest BCUT2D eigenvalue weighted by atomic mass is 9.82. The van der Waals surface area contributed by atoms with Crippen LogP contribution in [0.4, 0.5) is 9.59 Å². The number of nitrogens with two attached hydrogens (primary N) is 2. The van der Waals surface area contributed by atoms with Crippen molar-refractivity contribution < 1.29 is 77.7 Å². The summed E-state index contributed by atoms with van der Waals surface area (Å²) in [4.78, 5) is 94.6. The van der Waals surface area contributed by atoms with E-state index in [9.17, 15) is 38.4 Å². The summed E-state index contributed by atoms with van der Waals surface area (Å²) in [6.45, 7) is 13.3. The van der Waals surface area contributed by atoms with Crippen LogP contribution in [-0.2, 0) is 47.7 Å². The number of hydrogen-bond acceptors (Lipinski definition) is 16. The lowest BCUT2D eigenvalue weighted by molar-refractivity contribution is -0.202. The average Bonchev–Trinajstić information content (AvgIpc) is 3.31. The molecular weight excluding hydrogens is 941 g/mol. The van der Waals surface area contributed by atoms with Crippen LogP contribution in [0.25, 0.3) is 0 Å². The molecule has 0 radical (unpaired) electrons. The second-order valence-corrected chi connectivity index (χ2v) is 21.8. The van der Waals surface area contributed by atoms with Crippen molar-refractivity contribution in [1.82, 2.24) is 20.4 Å². The van der Waals surface area contributed by atoms with Crippen molar-refractivity contribution in [2.75, 3.05) is 54.4 Å². The molecule has 4 aliphatic carbocycles. The number of carboxylic acid groups (broad SMARTS) is 2. The molecule has 4 saturated carbocycles. The molecule has 4 rings (SSSR count). The molecule has 0 unspecified atom stereocenters. The van der Waals surface area contributed by atoms with E-state index in [1.54, 1.807) is 0 Å². The van der Waals surface area contributed by atoms with E-state index in [-0.39, 0.29) is 23.7 Å². The highest BCUT2D eigenvalue weighted by atomic mass is 16.7. The summed E-state index contributed by atoms with van der Waals surface area (Å²) < 4.78 is 21.0. The molecule has 0 aliphatic heterocycles. The largest absolute Gasteiger partial charge is 0.481 e. The zero-order chi connectivity index (χ0) is 54.9. The van der Waals surface area contributed by atoms with E-state index in [0.29, 0.717) is 101 Å². The lowest BCUT2D eigenvalue weighted by Crippen LogP contribution is -2.43. The van der Waals surface area contributed by atoms with Gasteiger partial charge in [-0.15, -0.1) is 0 Å². The van der Waals surface area contributed by atoms with Gasteiger partial charge in [-0.2, -0.15) is 0 Å². The van der Waals surface area contributed by atoms with Crippen molar-refractivity contribution in [2.45, 2.75) is 168 Å². The Morgan fingerprint density at radius 3 is 0.986 bits per heavy atom. The van der Waals surface area contributed by atoms with Crippen molar-refractivity contribution in [3.05, 3.63) is 0 Å². The van der Waals surface area contributed by atoms with Crippen LogP contribution in [0, 0.1) is 47.3 Å². The number of aliphatic carboxylic acids is 2. The van der Waals surface area contributed by atoms with E-state index in [0.717, 1.165) is 56.3 Å². The van der Waals surface area contributed by atoms with Gasteiger partial charge in [0.1, 0.15) is 11.2 Å². The number of esters is 2. The molecule has 4 aliphatic rings. The maximum absolute atomic E-state index is 12.5. The minimum Gasteiger partial charge on any atom is -0.481 e. The van der Waals surface area contributed by atoms with Crippen molar-refractivity contribution in [3.63, 3.8) is 0 Å². The molecule has 4 fully saturated rings. The molecule has 0 bridgehead atoms. The fourth-order valence-electron chi connectivity index (χ4n) is 8.55. The van der Waals surface area contributed by atoms with Gasteiger partial charge < -0.3 is 71.3 Å². The summed E-state index contributed by atoms with van der Waals surface area (Å²) in [7, 11) is 5.97. The number of amides is 4. The highest BCUT2D eigenvalue weighted by Crippen LogP contribution is 2.32. The highest BCUT2D eigenvalue weighted by molar-refractivity contribution is 5.85. The number of carboxylic acids is 2. The minimum absolute atomic E-state index is 0.206. The Hall–Kier alpha value is -4.80. The van der Waals surface area contributed by atoms with Gasteiger partial charge in [-0.1, -0.05) is 0 Å². The minimum atomic E-state index is -1.87. The first-order chi connectivity index (χ1) is 33.5. The molecule has 0 aromatic heterocycles. The summed E-state index contributed by atoms with van der Waals surface area (Å²) >= 11 is 0. The number of aliphatic hydroxyl groups is 2. The molecule has 22 heteroatoms. The quantitative estimate of drug-likeness (QED) is 0.0686. The second-order valence-electron chi connectivity index (χ2n) is 21.8. The Morgan fingerprint density at radius 2 is 0.764 bits per heavy atom. The number of ether oxygens (including phenoxy) is 4. The normalized spacial score (nSPS) is 24.5. The number of nitrogens with one attached hydrogen (secondary N) is 2. The van der Waals surface area contributed by atoms with Crippen LogP contribution in [0.3, 0.4) is 0 Å². The number of alkyl carbamates (subject to hydrolysis) is 2. The predicted octanol–water partition coefficient (Wildman–Crippen LogP) is 4.21. The number of carbonyl (C=O) groups excluding carboxylic acids is 6. The van der Waals surface area contributed by atoms with Gasteiger partial charge in [0.25, 0.3) is 5.91 Å². The van der Waals surface area contributed by atoms with E-state index in [1.165, 1.54) is 33.1 Å². The number of aliphatic hydroxyl groups excluding tert-OH is 1. The Balaban J connectivity index is 0.000000517. The molecule has 0 aromatic carbocycles. The van der Waals surface area contributed by atoms with E-state index >= 15 is 0 Å². The zero-order valence-corrected chi connectivity index (χ0v) is 44.7. The van der Waals surface area contributed by atoms with E-state index < -0.39 is 71.7 Å². The van der Waals surface area contributed by atoms with Gasteiger partial charge in [0.2, 0.25) is 6.29 Å². The Labute approximate surface area is 426 Å². The molecule has 10 N–H and O–H groups in total. The fraction of sp³-hybridized carbons (Fsp3) is 0.840. The zero-order valence-electron chi connectivity index (χ0n) is 44.7. The van der Waals surface area contributed by atoms with Crippen LogP contribution in [-0.4, -0.2) is 156 Å². The van der Waals surface area contributed by atoms with Crippen LogP contribution in [0.5, 0.6) is 0 Å². The first kappa shape index (κ1) is 65.2. The van der Waals surface area contributed by atoms with Crippen LogP contribution in [0.15, 0.2) is 0 Å². The third kappa shape index (κ3) is 27.3. The monoisotopic (exact) mass is 1030 g/mol. The van der Waals surface area contributed by atoms with Gasteiger partial charge in [0, 0.05) is 41.3 Å². The molecule has 0 aromatic rings. The maximum atomic E-state index is 12.5. The number of hydrogen-bond donors (Lipinski definition) is 8. The number of nitrogens with zero attached hydrogens (tertiary/aromatic N) is 2. The highest BCUT2D eigenvalue weighted by Gasteiger charge is 2.36. The Bertz CT molecular complexity index is 1570. The number of carbonyl (C=O) groups is 8. The van der Waals surface area contributed by atoms with Crippen LogP contribution in [0.2, 0.25) is 0 Å². The van der Waals surface area contributed by atoms with Gasteiger partial charge in [0.05, 0.1) is 23.7 Å². The van der Waals surface area contributed by atoms with E-state index in [2.05, 4.69) is 10.6 Å². The molecule has 0 spiro atoms. The molecular formula is C50H90N6O16. The van der Waals surface area contributed by atoms with E-state index in [1.807, 2.05) is 41.5 Å². The average molecular weight is 1030 g/mol. The summed E-state index contributed by atoms with van der Waals surface area (Å²) in [5.41, 5.74) is 10.4. The summed E-state index contributed by atoms with van der Waals surface area (Å²) in [6.07, 6.45) is 8.24. The standard InChI is InChI=1S/C20H35N3O5.2C13H23NO4.C4H9NO3/c1-23(2)17(24)20(27-18(25)15-7-3-13(11-21)4-8-15)28-19(26)16-9-5-14(12-22)6-10-16;2*1-13(2,3)18-12(17)14-8-9-4-6-10(7-5-9)11(15)16;1-5(2)3(6)4(7)8/h13-16,20H,3-12,21-22H2,1-2H3;2*9-10H,4-8H2,1-3H3,(H,14,17)(H,15,16);4,7-8H,1-2H3. The maximum Gasteiger partial charge on any atom is 0.407 e. The van der Waals surface area contributed by atoms with Crippen molar-refractivity contribution in [2.24, 2.45) is 58.8 Å². The first-order valence-electron chi connectivity index (χ1n) is 25.4. The van der Waals surface area contributed by atoms with Gasteiger partial charge in [-0.25, -0.2) is 9.59 Å². The molecule has 0 heterocycles. The van der Waals surface area contributed by atoms with Gasteiger partial charge in [-0.05, 0) is 181 Å². The first-order valence-corrected chi connectivity index (χ1v) is 25.4. The molecule has 416 valence electrons. The molecule has 0 saturated heterocycles. The summed E-state index contributed by atoms with van der Waals surface area (Å²) in [6, 6.07) is 0. The molecule has 4 amide bonds. The summed E-state index contributed by atoms with van der Waals surface area (Å²) in [5, 5.41) is 39.6. The third-order valence-electron chi connectivity index (χ3n) is 13.0. The van der Waals surface area contributed by atoms with Crippen molar-refractivity contribution >= 4 is 47.9 Å². The van der Waals surface area contributed by atoms with Crippen LogP contribution >= 0.6 is 0 Å². The van der Waals surface area contributed by atoms with Gasteiger partial charge >= 0.3 is 48.3 Å². The summed E-state index contributed by atoms with van der Waals surface area (Å²) in [5.74, 6) is -2.97. The SMILES string of the molecule is CC(C)(C)OC(=O)NCC1CCC(C(=O)O)CC1.CC(C)(C)OC(=O)NCC1CCC(C(=O)O)CC1.CN(C)C(=O)C(O)O.CN(C)C(=O)C(OC(=O)C1CCC(CN)CC1)OC(=O)C1CCC(CN)CC1. The Morgan fingerprint density at radius 1 is 0.486 bits per heavy atom. The van der Waals surface area contributed by atoms with Crippen LogP contribution in [0.1, 0.15) is 144 Å². The number of likely N-dealkylation sites (N-methyl/N-ethyl adjacent to an activating group) is 2. The molecule has 22 nitrogen and oxygen atoms in total. The fourth-order valence-corrected chi connectivity index (χ4v) is 8.55. The topological polar surface area (TPSA) is 337 Å². The second kappa shape index (κ2) is 32.4. The van der Waals surface area contributed by atoms with E-state index in [4.69, 9.17) is 50.8 Å². The predicted molar refractivity (Wildman–Crippen MR) is 265 cm³/mol. The lowest BCUT2D eigenvalue weighted by Gasteiger charge is -2.30. The van der Waals surface area contributed by atoms with Crippen LogP contribution < -0.4 is 22.1 Å². The number of rotatable bonds is 14. The van der Waals surface area contributed by atoms with Crippen molar-refractivity contribution in [3.8, 4) is 0 Å². The van der Waals surface area contributed by atoms with Gasteiger partial charge in [0.15, 0.2) is 0 Å². The third-order valence-corrected chi connectivity index (χ3v) is 13.0.